The van der Waals surface area contributed by atoms with Crippen LogP contribution in [0.15, 0.2) is 0 Å². The number of carbonyl (C=O) groups excluding carboxylic acids is 1. The van der Waals surface area contributed by atoms with E-state index in [9.17, 15) is 4.79 Å². The van der Waals surface area contributed by atoms with Gasteiger partial charge in [-0.1, -0.05) is 20.3 Å². The molecule has 1 aliphatic rings. The highest BCUT2D eigenvalue weighted by atomic mass is 16.2. The summed E-state index contributed by atoms with van der Waals surface area (Å²) in [7, 11) is 1.95. The third-order valence-corrected chi connectivity index (χ3v) is 4.24. The minimum Gasteiger partial charge on any atom is -0.343 e. The first-order chi connectivity index (χ1) is 7.97. The van der Waals surface area contributed by atoms with E-state index < -0.39 is 0 Å². The van der Waals surface area contributed by atoms with Crippen molar-refractivity contribution in [1.82, 2.24) is 4.90 Å². The molecule has 4 atom stereocenters. The molecule has 3 nitrogen and oxygen atoms in total. The van der Waals surface area contributed by atoms with Crippen molar-refractivity contribution in [2.24, 2.45) is 17.6 Å². The maximum absolute atomic E-state index is 12.4. The Morgan fingerprint density at radius 3 is 2.65 bits per heavy atom. The van der Waals surface area contributed by atoms with Gasteiger partial charge in [-0.15, -0.1) is 0 Å². The van der Waals surface area contributed by atoms with Crippen molar-refractivity contribution in [2.75, 3.05) is 7.05 Å². The fourth-order valence-electron chi connectivity index (χ4n) is 2.89. The Labute approximate surface area is 106 Å². The molecule has 1 amide bonds. The molecular formula is C14H28N2O. The van der Waals surface area contributed by atoms with Crippen LogP contribution in [0.5, 0.6) is 0 Å². The maximum Gasteiger partial charge on any atom is 0.225 e. The predicted octanol–water partition coefficient (Wildman–Crippen LogP) is 2.40. The zero-order valence-electron chi connectivity index (χ0n) is 11.8. The second-order valence-electron chi connectivity index (χ2n) is 5.74. The van der Waals surface area contributed by atoms with Crippen LogP contribution in [0, 0.1) is 11.8 Å². The third-order valence-electron chi connectivity index (χ3n) is 4.24. The van der Waals surface area contributed by atoms with Gasteiger partial charge in [0.15, 0.2) is 0 Å². The van der Waals surface area contributed by atoms with Gasteiger partial charge in [-0.25, -0.2) is 0 Å². The summed E-state index contributed by atoms with van der Waals surface area (Å²) in [6, 6.07) is 0.655. The van der Waals surface area contributed by atoms with Gasteiger partial charge in [-0.05, 0) is 38.5 Å². The first-order valence-electron chi connectivity index (χ1n) is 6.99. The second-order valence-corrected chi connectivity index (χ2v) is 5.74. The highest BCUT2D eigenvalue weighted by molar-refractivity contribution is 5.79. The van der Waals surface area contributed by atoms with Crippen LogP contribution in [0.4, 0.5) is 0 Å². The molecule has 4 unspecified atom stereocenters. The zero-order chi connectivity index (χ0) is 13.0. The summed E-state index contributed by atoms with van der Waals surface area (Å²) in [5.74, 6) is 0.951. The molecule has 100 valence electrons. The molecule has 0 saturated heterocycles. The smallest absolute Gasteiger partial charge is 0.225 e. The number of nitrogens with zero attached hydrogens (tertiary/aromatic N) is 1. The molecule has 0 heterocycles. The van der Waals surface area contributed by atoms with Crippen LogP contribution in [0.1, 0.15) is 52.9 Å². The molecular weight excluding hydrogens is 212 g/mol. The lowest BCUT2D eigenvalue weighted by Crippen LogP contribution is -2.44. The highest BCUT2D eigenvalue weighted by Crippen LogP contribution is 2.30. The van der Waals surface area contributed by atoms with E-state index in [1.54, 1.807) is 0 Å². The number of amides is 1. The first kappa shape index (κ1) is 14.5. The van der Waals surface area contributed by atoms with E-state index in [2.05, 4.69) is 20.8 Å². The van der Waals surface area contributed by atoms with Crippen molar-refractivity contribution in [1.29, 1.82) is 0 Å². The lowest BCUT2D eigenvalue weighted by Gasteiger charge is -2.36. The monoisotopic (exact) mass is 240 g/mol. The lowest BCUT2D eigenvalue weighted by atomic mass is 9.77. The zero-order valence-corrected chi connectivity index (χ0v) is 11.8. The summed E-state index contributed by atoms with van der Waals surface area (Å²) in [4.78, 5) is 14.4. The molecule has 1 aliphatic carbocycles. The van der Waals surface area contributed by atoms with Crippen LogP contribution in [0.2, 0.25) is 0 Å². The molecule has 0 aliphatic heterocycles. The Balaban J connectivity index is 2.56. The molecule has 0 aromatic heterocycles. The fraction of sp³-hybridized carbons (Fsp3) is 0.929. The summed E-state index contributed by atoms with van der Waals surface area (Å²) >= 11 is 0. The molecule has 1 rings (SSSR count). The molecule has 3 heteroatoms. The van der Waals surface area contributed by atoms with E-state index in [0.717, 1.165) is 32.1 Å². The van der Waals surface area contributed by atoms with Crippen molar-refractivity contribution in [3.05, 3.63) is 0 Å². The fourth-order valence-corrected chi connectivity index (χ4v) is 2.89. The summed E-state index contributed by atoms with van der Waals surface area (Å²) in [6.45, 7) is 6.47. The van der Waals surface area contributed by atoms with E-state index >= 15 is 0 Å². The Morgan fingerprint density at radius 2 is 2.12 bits per heavy atom. The van der Waals surface area contributed by atoms with Crippen LogP contribution in [0.25, 0.3) is 0 Å². The van der Waals surface area contributed by atoms with Gasteiger partial charge < -0.3 is 10.6 Å². The van der Waals surface area contributed by atoms with E-state index in [4.69, 9.17) is 5.73 Å². The van der Waals surface area contributed by atoms with Gasteiger partial charge in [0.05, 0.1) is 0 Å². The van der Waals surface area contributed by atoms with Gasteiger partial charge in [0, 0.05) is 25.0 Å². The number of hydrogen-bond acceptors (Lipinski definition) is 2. The molecule has 0 radical (unpaired) electrons. The van der Waals surface area contributed by atoms with Gasteiger partial charge >= 0.3 is 0 Å². The normalized spacial score (nSPS) is 31.0. The molecule has 2 N–H and O–H groups in total. The summed E-state index contributed by atoms with van der Waals surface area (Å²) < 4.78 is 0. The molecule has 1 fully saturated rings. The average molecular weight is 240 g/mol. The van der Waals surface area contributed by atoms with Gasteiger partial charge in [0.1, 0.15) is 0 Å². The quantitative estimate of drug-likeness (QED) is 0.820. The SMILES string of the molecule is CCCC(C)N(C)C(=O)C1CCC(N)CC1C. The van der Waals surface area contributed by atoms with E-state index in [0.29, 0.717) is 23.9 Å². The molecule has 0 bridgehead atoms. The predicted molar refractivity (Wildman–Crippen MR) is 71.6 cm³/mol. The van der Waals surface area contributed by atoms with Crippen molar-refractivity contribution in [3.8, 4) is 0 Å². The third kappa shape index (κ3) is 3.70. The van der Waals surface area contributed by atoms with Gasteiger partial charge in [-0.3, -0.25) is 4.79 Å². The maximum atomic E-state index is 12.4. The second kappa shape index (κ2) is 6.39. The minimum atomic E-state index is 0.194. The molecule has 0 aromatic carbocycles. The molecule has 17 heavy (non-hydrogen) atoms. The van der Waals surface area contributed by atoms with Crippen LogP contribution in [0.3, 0.4) is 0 Å². The standard InChI is InChI=1S/C14H28N2O/c1-5-6-11(3)16(4)14(17)13-8-7-12(15)9-10(13)2/h10-13H,5-9,15H2,1-4H3. The lowest BCUT2D eigenvalue weighted by molar-refractivity contribution is -0.139. The van der Waals surface area contributed by atoms with Crippen LogP contribution >= 0.6 is 0 Å². The van der Waals surface area contributed by atoms with E-state index in [1.807, 2.05) is 11.9 Å². The molecule has 0 spiro atoms. The molecule has 1 saturated carbocycles. The number of hydrogen-bond donors (Lipinski definition) is 1. The van der Waals surface area contributed by atoms with Gasteiger partial charge in [0.2, 0.25) is 5.91 Å². The Bertz CT molecular complexity index is 255. The van der Waals surface area contributed by atoms with Crippen LogP contribution in [-0.2, 0) is 4.79 Å². The van der Waals surface area contributed by atoms with Crippen molar-refractivity contribution < 1.29 is 4.79 Å². The van der Waals surface area contributed by atoms with E-state index in [-0.39, 0.29) is 5.92 Å². The van der Waals surface area contributed by atoms with Crippen LogP contribution in [-0.4, -0.2) is 29.9 Å². The van der Waals surface area contributed by atoms with Crippen molar-refractivity contribution >= 4 is 5.91 Å². The van der Waals surface area contributed by atoms with Crippen molar-refractivity contribution in [3.63, 3.8) is 0 Å². The van der Waals surface area contributed by atoms with Crippen molar-refractivity contribution in [2.45, 2.75) is 65.0 Å². The van der Waals surface area contributed by atoms with Gasteiger partial charge in [0.25, 0.3) is 0 Å². The largest absolute Gasteiger partial charge is 0.343 e. The van der Waals surface area contributed by atoms with Crippen LogP contribution < -0.4 is 5.73 Å². The number of carbonyl (C=O) groups is 1. The first-order valence-corrected chi connectivity index (χ1v) is 6.99. The Kier molecular flexibility index (Phi) is 5.44. The Hall–Kier alpha value is -0.570. The number of nitrogens with two attached hydrogens (primary N) is 1. The average Bonchev–Trinajstić information content (AvgIpc) is 2.27. The topological polar surface area (TPSA) is 46.3 Å². The summed E-state index contributed by atoms with van der Waals surface area (Å²) in [5, 5.41) is 0. The minimum absolute atomic E-state index is 0.194. The van der Waals surface area contributed by atoms with Gasteiger partial charge in [-0.2, -0.15) is 0 Å². The number of rotatable bonds is 4. The summed E-state index contributed by atoms with van der Waals surface area (Å²) in [6.07, 6.45) is 5.17. The molecule has 0 aromatic rings. The highest BCUT2D eigenvalue weighted by Gasteiger charge is 2.33. The van der Waals surface area contributed by atoms with E-state index in [1.165, 1.54) is 0 Å². The summed E-state index contributed by atoms with van der Waals surface area (Å²) in [5.41, 5.74) is 5.95. The Morgan fingerprint density at radius 1 is 1.47 bits per heavy atom.